The van der Waals surface area contributed by atoms with Gasteiger partial charge in [-0.1, -0.05) is 6.42 Å². The van der Waals surface area contributed by atoms with E-state index in [2.05, 4.69) is 0 Å². The lowest BCUT2D eigenvalue weighted by atomic mass is 9.93. The third-order valence-electron chi connectivity index (χ3n) is 2.79. The van der Waals surface area contributed by atoms with Crippen LogP contribution in [0.1, 0.15) is 39.0 Å². The van der Waals surface area contributed by atoms with Crippen LogP contribution in [0.5, 0.6) is 0 Å². The van der Waals surface area contributed by atoms with Gasteiger partial charge in [0.05, 0.1) is 11.5 Å². The molecule has 1 heterocycles. The van der Waals surface area contributed by atoms with Crippen LogP contribution in [0, 0.1) is 0 Å². The average Bonchev–Trinajstić information content (AvgIpc) is 2.15. The van der Waals surface area contributed by atoms with Crippen LogP contribution < -0.4 is 5.11 Å². The van der Waals surface area contributed by atoms with Crippen molar-refractivity contribution in [2.45, 2.75) is 44.8 Å². The molecule has 1 spiro atoms. The largest absolute Gasteiger partial charge is 0.574 e. The van der Waals surface area contributed by atoms with Crippen LogP contribution in [0.2, 0.25) is 0 Å². The highest BCUT2D eigenvalue weighted by Gasteiger charge is 2.36. The van der Waals surface area contributed by atoms with E-state index in [1.165, 1.54) is 6.92 Å². The molecule has 1 saturated carbocycles. The molecule has 14 heavy (non-hydrogen) atoms. The summed E-state index contributed by atoms with van der Waals surface area (Å²) in [6.07, 6.45) is 4.27. The predicted octanol–water partition coefficient (Wildman–Crippen LogP) is 0.812. The summed E-state index contributed by atoms with van der Waals surface area (Å²) in [6, 6.07) is 0. The van der Waals surface area contributed by atoms with Crippen molar-refractivity contribution in [2.75, 3.05) is 0 Å². The zero-order valence-electron chi connectivity index (χ0n) is 8.17. The molecule has 0 atom stereocenters. The van der Waals surface area contributed by atoms with Gasteiger partial charge in [-0.2, -0.15) is 0 Å². The molecule has 0 amide bonds. The van der Waals surface area contributed by atoms with Gasteiger partial charge in [0.2, 0.25) is 0 Å². The van der Waals surface area contributed by atoms with Gasteiger partial charge in [0.1, 0.15) is 0 Å². The minimum Gasteiger partial charge on any atom is -0.574 e. The molecule has 0 unspecified atom stereocenters. The van der Waals surface area contributed by atoms with E-state index in [4.69, 9.17) is 9.47 Å². The van der Waals surface area contributed by atoms with Crippen molar-refractivity contribution < 1.29 is 19.4 Å². The fourth-order valence-corrected chi connectivity index (χ4v) is 1.89. The molecular weight excluding hydrogens is 184 g/mol. The van der Waals surface area contributed by atoms with E-state index in [-0.39, 0.29) is 5.57 Å². The lowest BCUT2D eigenvalue weighted by Crippen LogP contribution is -2.45. The van der Waals surface area contributed by atoms with Crippen LogP contribution >= 0.6 is 0 Å². The molecule has 0 aromatic heterocycles. The summed E-state index contributed by atoms with van der Waals surface area (Å²) in [5.74, 6) is -1.99. The highest BCUT2D eigenvalue weighted by Crippen LogP contribution is 2.37. The molecular formula is C10H13O4-. The fourth-order valence-electron chi connectivity index (χ4n) is 1.89. The molecule has 4 heteroatoms. The number of carbonyl (C=O) groups excluding carboxylic acids is 1. The number of carbonyl (C=O) groups is 1. The quantitative estimate of drug-likeness (QED) is 0.539. The van der Waals surface area contributed by atoms with Gasteiger partial charge >= 0.3 is 5.97 Å². The molecule has 2 rings (SSSR count). The van der Waals surface area contributed by atoms with Gasteiger partial charge in [-0.3, -0.25) is 0 Å². The van der Waals surface area contributed by atoms with Gasteiger partial charge < -0.3 is 14.6 Å². The SMILES string of the molecule is CC1=C([O-])OC2(CCCCC2)OC1=O. The molecule has 1 aliphatic heterocycles. The first-order valence-electron chi connectivity index (χ1n) is 4.93. The second-order valence-corrected chi connectivity index (χ2v) is 3.88. The van der Waals surface area contributed by atoms with Gasteiger partial charge in [0, 0.05) is 0 Å². The van der Waals surface area contributed by atoms with E-state index < -0.39 is 17.7 Å². The Hall–Kier alpha value is -1.19. The Morgan fingerprint density at radius 2 is 1.86 bits per heavy atom. The summed E-state index contributed by atoms with van der Waals surface area (Å²) in [6.45, 7) is 1.43. The van der Waals surface area contributed by atoms with Gasteiger partial charge in [-0.15, -0.1) is 0 Å². The Morgan fingerprint density at radius 3 is 2.43 bits per heavy atom. The Morgan fingerprint density at radius 1 is 1.21 bits per heavy atom. The first-order chi connectivity index (χ1) is 6.63. The summed E-state index contributed by atoms with van der Waals surface area (Å²) in [7, 11) is 0. The van der Waals surface area contributed by atoms with E-state index in [0.29, 0.717) is 12.8 Å². The number of esters is 1. The van der Waals surface area contributed by atoms with Crippen molar-refractivity contribution in [2.24, 2.45) is 0 Å². The van der Waals surface area contributed by atoms with Crippen molar-refractivity contribution in [1.29, 1.82) is 0 Å². The minimum absolute atomic E-state index is 0.0428. The van der Waals surface area contributed by atoms with E-state index in [1.807, 2.05) is 0 Å². The number of hydrogen-bond acceptors (Lipinski definition) is 4. The standard InChI is InChI=1S/C10H14O4/c1-7-8(11)13-10(14-9(7)12)5-3-2-4-6-10/h11H,2-6H2,1H3/p-1. The van der Waals surface area contributed by atoms with Gasteiger partial charge in [-0.25, -0.2) is 4.79 Å². The molecule has 2 aliphatic rings. The lowest BCUT2D eigenvalue weighted by molar-refractivity contribution is -0.402. The van der Waals surface area contributed by atoms with Crippen molar-refractivity contribution in [3.8, 4) is 0 Å². The first kappa shape index (κ1) is 9.37. The van der Waals surface area contributed by atoms with Crippen LogP contribution in [0.3, 0.4) is 0 Å². The molecule has 4 nitrogen and oxygen atoms in total. The Bertz CT molecular complexity index is 286. The maximum Gasteiger partial charge on any atom is 0.336 e. The van der Waals surface area contributed by atoms with Crippen molar-refractivity contribution in [3.63, 3.8) is 0 Å². The number of ether oxygens (including phenoxy) is 2. The Balaban J connectivity index is 2.21. The molecule has 1 fully saturated rings. The second-order valence-electron chi connectivity index (χ2n) is 3.88. The van der Waals surface area contributed by atoms with E-state index in [1.54, 1.807) is 0 Å². The van der Waals surface area contributed by atoms with Crippen LogP contribution in [-0.4, -0.2) is 11.8 Å². The molecule has 0 N–H and O–H groups in total. The predicted molar refractivity (Wildman–Crippen MR) is 45.7 cm³/mol. The topological polar surface area (TPSA) is 58.6 Å². The van der Waals surface area contributed by atoms with Crippen LogP contribution in [0.15, 0.2) is 11.5 Å². The zero-order chi connectivity index (χ0) is 10.2. The van der Waals surface area contributed by atoms with Gasteiger partial charge in [-0.05, 0) is 32.6 Å². The molecule has 0 aromatic rings. The smallest absolute Gasteiger partial charge is 0.336 e. The maximum absolute atomic E-state index is 11.3. The van der Waals surface area contributed by atoms with Crippen LogP contribution in [0.25, 0.3) is 0 Å². The third kappa shape index (κ3) is 1.45. The maximum atomic E-state index is 11.3. The number of rotatable bonds is 0. The molecule has 0 aromatic carbocycles. The number of hydrogen-bond donors (Lipinski definition) is 0. The molecule has 0 bridgehead atoms. The fraction of sp³-hybridized carbons (Fsp3) is 0.700. The lowest BCUT2D eigenvalue weighted by Gasteiger charge is -2.46. The monoisotopic (exact) mass is 197 g/mol. The summed E-state index contributed by atoms with van der Waals surface area (Å²) in [4.78, 5) is 11.3. The third-order valence-corrected chi connectivity index (χ3v) is 2.79. The van der Waals surface area contributed by atoms with Crippen LogP contribution in [-0.2, 0) is 14.3 Å². The molecule has 78 valence electrons. The highest BCUT2D eigenvalue weighted by molar-refractivity contribution is 5.88. The van der Waals surface area contributed by atoms with Gasteiger partial charge in [0.25, 0.3) is 0 Å². The van der Waals surface area contributed by atoms with E-state index in [0.717, 1.165) is 19.3 Å². The van der Waals surface area contributed by atoms with Crippen LogP contribution in [0.4, 0.5) is 0 Å². The van der Waals surface area contributed by atoms with Crippen molar-refractivity contribution in [1.82, 2.24) is 0 Å². The first-order valence-corrected chi connectivity index (χ1v) is 4.93. The van der Waals surface area contributed by atoms with Crippen molar-refractivity contribution in [3.05, 3.63) is 11.5 Å². The minimum atomic E-state index is -0.939. The van der Waals surface area contributed by atoms with E-state index >= 15 is 0 Å². The average molecular weight is 197 g/mol. The highest BCUT2D eigenvalue weighted by atomic mass is 16.8. The zero-order valence-corrected chi connectivity index (χ0v) is 8.17. The Kier molecular flexibility index (Phi) is 2.13. The molecule has 1 aliphatic carbocycles. The summed E-state index contributed by atoms with van der Waals surface area (Å²) in [5, 5.41) is 11.3. The summed E-state index contributed by atoms with van der Waals surface area (Å²) < 4.78 is 10.4. The Labute approximate surface area is 82.5 Å². The summed E-state index contributed by atoms with van der Waals surface area (Å²) in [5.41, 5.74) is 0.0428. The van der Waals surface area contributed by atoms with Gasteiger partial charge in [0.15, 0.2) is 5.79 Å². The second kappa shape index (κ2) is 3.19. The van der Waals surface area contributed by atoms with E-state index in [9.17, 15) is 9.90 Å². The normalized spacial score (nSPS) is 25.9. The molecule has 0 radical (unpaired) electrons. The molecule has 0 saturated heterocycles. The summed E-state index contributed by atoms with van der Waals surface area (Å²) >= 11 is 0. The van der Waals surface area contributed by atoms with Crippen molar-refractivity contribution >= 4 is 5.97 Å².